The molecule has 0 radical (unpaired) electrons. The maximum atomic E-state index is 13.2. The van der Waals surface area contributed by atoms with E-state index in [-0.39, 0.29) is 23.1 Å². The van der Waals surface area contributed by atoms with Gasteiger partial charge in [-0.1, -0.05) is 36.8 Å². The van der Waals surface area contributed by atoms with Gasteiger partial charge in [0.2, 0.25) is 0 Å². The van der Waals surface area contributed by atoms with Gasteiger partial charge < -0.3 is 14.5 Å². The summed E-state index contributed by atoms with van der Waals surface area (Å²) in [6.07, 6.45) is 5.65. The summed E-state index contributed by atoms with van der Waals surface area (Å²) in [5, 5.41) is 3.61. The Morgan fingerprint density at radius 1 is 1.07 bits per heavy atom. The van der Waals surface area contributed by atoms with E-state index in [4.69, 9.17) is 9.15 Å². The van der Waals surface area contributed by atoms with Gasteiger partial charge in [0.25, 0.3) is 5.91 Å². The molecule has 1 spiro atoms. The molecule has 3 aromatic rings. The van der Waals surface area contributed by atoms with Crippen LogP contribution in [0.5, 0.6) is 5.75 Å². The first-order chi connectivity index (χ1) is 14.6. The predicted octanol–water partition coefficient (Wildman–Crippen LogP) is 5.34. The number of amides is 1. The zero-order chi connectivity index (χ0) is 20.7. The molecule has 0 unspecified atom stereocenters. The van der Waals surface area contributed by atoms with Crippen molar-refractivity contribution in [2.75, 3.05) is 0 Å². The van der Waals surface area contributed by atoms with Crippen LogP contribution < -0.4 is 10.1 Å². The van der Waals surface area contributed by atoms with E-state index in [1.807, 2.05) is 49.4 Å². The van der Waals surface area contributed by atoms with Gasteiger partial charge in [-0.2, -0.15) is 0 Å². The summed E-state index contributed by atoms with van der Waals surface area (Å²) in [4.78, 5) is 26.0. The molecule has 2 aromatic carbocycles. The van der Waals surface area contributed by atoms with E-state index in [0.717, 1.165) is 31.2 Å². The van der Waals surface area contributed by atoms with Gasteiger partial charge in [-0.25, -0.2) is 0 Å². The van der Waals surface area contributed by atoms with E-state index >= 15 is 0 Å². The van der Waals surface area contributed by atoms with Crippen molar-refractivity contribution in [2.24, 2.45) is 0 Å². The van der Waals surface area contributed by atoms with Crippen LogP contribution in [0.3, 0.4) is 0 Å². The molecule has 0 saturated heterocycles. The van der Waals surface area contributed by atoms with Crippen LogP contribution in [0.2, 0.25) is 0 Å². The van der Waals surface area contributed by atoms with Gasteiger partial charge in [-0.15, -0.1) is 0 Å². The first kappa shape index (κ1) is 18.9. The molecule has 0 atom stereocenters. The lowest BCUT2D eigenvalue weighted by Crippen LogP contribution is -2.43. The van der Waals surface area contributed by atoms with E-state index in [1.165, 1.54) is 6.42 Å². The van der Waals surface area contributed by atoms with Crippen LogP contribution in [-0.4, -0.2) is 17.3 Å². The number of hydrogen-bond acceptors (Lipinski definition) is 4. The Morgan fingerprint density at radius 2 is 1.83 bits per heavy atom. The maximum absolute atomic E-state index is 13.2. The number of aryl methyl sites for hydroxylation is 1. The van der Waals surface area contributed by atoms with Crippen LogP contribution in [0.15, 0.2) is 46.9 Å². The van der Waals surface area contributed by atoms with E-state index in [2.05, 4.69) is 5.32 Å². The fraction of sp³-hybridized carbons (Fsp3) is 0.360. The van der Waals surface area contributed by atoms with Gasteiger partial charge in [0.1, 0.15) is 16.9 Å². The number of hydrogen-bond donors (Lipinski definition) is 1. The first-order valence-corrected chi connectivity index (χ1v) is 10.7. The van der Waals surface area contributed by atoms with Gasteiger partial charge in [0, 0.05) is 17.5 Å². The second kappa shape index (κ2) is 7.31. The molecule has 2 heterocycles. The van der Waals surface area contributed by atoms with Crippen LogP contribution in [-0.2, 0) is 6.54 Å². The molecule has 1 aromatic heterocycles. The Kier molecular flexibility index (Phi) is 4.61. The third-order valence-electron chi connectivity index (χ3n) is 6.41. The molecule has 1 aliphatic carbocycles. The van der Waals surface area contributed by atoms with Crippen molar-refractivity contribution in [1.29, 1.82) is 0 Å². The molecule has 5 rings (SSSR count). The van der Waals surface area contributed by atoms with Gasteiger partial charge in [0.15, 0.2) is 11.5 Å². The number of fused-ring (bicyclic) bond motifs is 3. The Morgan fingerprint density at radius 3 is 2.60 bits per heavy atom. The van der Waals surface area contributed by atoms with Gasteiger partial charge in [0.05, 0.1) is 12.0 Å². The highest BCUT2D eigenvalue weighted by atomic mass is 16.5. The number of benzene rings is 2. The highest BCUT2D eigenvalue weighted by Gasteiger charge is 2.42. The molecular formula is C25H25NO4. The van der Waals surface area contributed by atoms with Crippen molar-refractivity contribution in [3.63, 3.8) is 0 Å². The Bertz CT molecular complexity index is 1120. The fourth-order valence-corrected chi connectivity index (χ4v) is 4.88. The van der Waals surface area contributed by atoms with Crippen molar-refractivity contribution in [1.82, 2.24) is 5.32 Å². The summed E-state index contributed by atoms with van der Waals surface area (Å²) in [5.74, 6) is 0.680. The third kappa shape index (κ3) is 3.18. The molecule has 1 saturated carbocycles. The highest BCUT2D eigenvalue weighted by Crippen LogP contribution is 2.45. The van der Waals surface area contributed by atoms with Crippen LogP contribution in [0, 0.1) is 6.92 Å². The largest absolute Gasteiger partial charge is 0.486 e. The smallest absolute Gasteiger partial charge is 0.287 e. The number of nitrogens with one attached hydrogen (secondary N) is 1. The van der Waals surface area contributed by atoms with Crippen molar-refractivity contribution in [3.8, 4) is 5.75 Å². The second-order valence-electron chi connectivity index (χ2n) is 8.48. The lowest BCUT2D eigenvalue weighted by Gasteiger charge is -2.40. The molecule has 5 heteroatoms. The van der Waals surface area contributed by atoms with E-state index in [9.17, 15) is 9.59 Å². The standard InChI is InChI=1S/C25H25NO4/c1-16-21-19(29-23(16)24(28)26-15-17-8-4-2-5-9-17)10-11-20-22(21)18(27)14-25(30-20)12-6-3-7-13-25/h2,4-5,8-11H,3,6-7,12-15H2,1H3,(H,26,28). The minimum Gasteiger partial charge on any atom is -0.486 e. The quantitative estimate of drug-likeness (QED) is 0.641. The molecule has 1 aliphatic heterocycles. The molecule has 1 N–H and O–H groups in total. The van der Waals surface area contributed by atoms with Crippen LogP contribution in [0.4, 0.5) is 0 Å². The molecule has 1 fully saturated rings. The second-order valence-corrected chi connectivity index (χ2v) is 8.48. The normalized spacial score (nSPS) is 17.6. The number of Topliss-reactive ketones (excluding diaryl/α,β-unsaturated/α-hetero) is 1. The minimum atomic E-state index is -0.358. The van der Waals surface area contributed by atoms with Crippen molar-refractivity contribution in [3.05, 3.63) is 64.9 Å². The van der Waals surface area contributed by atoms with Crippen LogP contribution in [0.25, 0.3) is 11.0 Å². The molecule has 30 heavy (non-hydrogen) atoms. The molecule has 154 valence electrons. The molecule has 0 bridgehead atoms. The number of carbonyl (C=O) groups excluding carboxylic acids is 2. The van der Waals surface area contributed by atoms with Crippen LogP contribution in [0.1, 0.15) is 70.6 Å². The number of ether oxygens (including phenoxy) is 1. The lowest BCUT2D eigenvalue weighted by molar-refractivity contribution is 0.0139. The Labute approximate surface area is 175 Å². The summed E-state index contributed by atoms with van der Waals surface area (Å²) < 4.78 is 12.3. The summed E-state index contributed by atoms with van der Waals surface area (Å²) in [5.41, 5.74) is 2.45. The average molecular weight is 403 g/mol. The van der Waals surface area contributed by atoms with Crippen molar-refractivity contribution < 1.29 is 18.7 Å². The van der Waals surface area contributed by atoms with Crippen molar-refractivity contribution in [2.45, 2.75) is 57.6 Å². The predicted molar refractivity (Wildman–Crippen MR) is 114 cm³/mol. The summed E-state index contributed by atoms with van der Waals surface area (Å²) in [7, 11) is 0. The zero-order valence-electron chi connectivity index (χ0n) is 17.1. The van der Waals surface area contributed by atoms with Crippen molar-refractivity contribution >= 4 is 22.7 Å². The maximum Gasteiger partial charge on any atom is 0.287 e. The topological polar surface area (TPSA) is 68.5 Å². The number of ketones is 1. The third-order valence-corrected chi connectivity index (χ3v) is 6.41. The Hall–Kier alpha value is -3.08. The minimum absolute atomic E-state index is 0.0869. The summed E-state index contributed by atoms with van der Waals surface area (Å²) in [6.45, 7) is 2.25. The van der Waals surface area contributed by atoms with Gasteiger partial charge in [-0.3, -0.25) is 9.59 Å². The first-order valence-electron chi connectivity index (χ1n) is 10.7. The molecule has 5 nitrogen and oxygen atoms in total. The number of rotatable bonds is 3. The van der Waals surface area contributed by atoms with Gasteiger partial charge >= 0.3 is 0 Å². The van der Waals surface area contributed by atoms with E-state index in [0.29, 0.717) is 40.8 Å². The molecule has 2 aliphatic rings. The van der Waals surface area contributed by atoms with Crippen LogP contribution >= 0.6 is 0 Å². The number of furan rings is 1. The van der Waals surface area contributed by atoms with E-state index < -0.39 is 0 Å². The fourth-order valence-electron chi connectivity index (χ4n) is 4.88. The monoisotopic (exact) mass is 403 g/mol. The zero-order valence-corrected chi connectivity index (χ0v) is 17.1. The Balaban J connectivity index is 1.47. The SMILES string of the molecule is Cc1c(C(=O)NCc2ccccc2)oc2ccc3c(c12)C(=O)CC1(CCCCC1)O3. The average Bonchev–Trinajstić information content (AvgIpc) is 3.10. The summed E-state index contributed by atoms with van der Waals surface area (Å²) in [6, 6.07) is 13.4. The summed E-state index contributed by atoms with van der Waals surface area (Å²) >= 11 is 0. The lowest BCUT2D eigenvalue weighted by atomic mass is 9.78. The highest BCUT2D eigenvalue weighted by molar-refractivity contribution is 6.13. The number of carbonyl (C=O) groups is 2. The molecule has 1 amide bonds. The van der Waals surface area contributed by atoms with E-state index in [1.54, 1.807) is 0 Å². The van der Waals surface area contributed by atoms with Gasteiger partial charge in [-0.05, 0) is 50.3 Å². The molecular weight excluding hydrogens is 378 g/mol.